The molecule has 1 aliphatic heterocycles. The van der Waals surface area contributed by atoms with Crippen molar-refractivity contribution >= 4 is 24.2 Å². The van der Waals surface area contributed by atoms with Crippen LogP contribution >= 0.6 is 12.4 Å². The van der Waals surface area contributed by atoms with Crippen LogP contribution in [0, 0.1) is 5.92 Å². The van der Waals surface area contributed by atoms with Gasteiger partial charge in [-0.05, 0) is 19.8 Å². The van der Waals surface area contributed by atoms with Crippen LogP contribution in [0.1, 0.15) is 27.7 Å². The van der Waals surface area contributed by atoms with Crippen molar-refractivity contribution in [3.8, 4) is 0 Å². The lowest BCUT2D eigenvalue weighted by Crippen LogP contribution is -2.54. The standard InChI is InChI=1S/C13H25N3O3.ClH/c1-8(2)12(14)13(18)15-5-11(17)16-6-10(4)19-7-9(16)3;/h8-10,12H,5-7,14H2,1-4H3,(H,15,18);1H/t9?,10?,12-;/m0./s1. The van der Waals surface area contributed by atoms with Crippen molar-refractivity contribution in [1.82, 2.24) is 10.2 Å². The van der Waals surface area contributed by atoms with Crippen molar-refractivity contribution in [2.24, 2.45) is 11.7 Å². The lowest BCUT2D eigenvalue weighted by atomic mass is 10.1. The summed E-state index contributed by atoms with van der Waals surface area (Å²) in [6, 6.07) is -0.534. The minimum Gasteiger partial charge on any atom is -0.375 e. The van der Waals surface area contributed by atoms with Gasteiger partial charge in [-0.1, -0.05) is 13.8 Å². The lowest BCUT2D eigenvalue weighted by molar-refractivity contribution is -0.143. The molecule has 0 aliphatic carbocycles. The van der Waals surface area contributed by atoms with Gasteiger partial charge in [0, 0.05) is 6.54 Å². The van der Waals surface area contributed by atoms with Gasteiger partial charge in [0.25, 0.3) is 0 Å². The molecule has 1 aliphatic rings. The predicted octanol–water partition coefficient (Wildman–Crippen LogP) is 0.144. The summed E-state index contributed by atoms with van der Waals surface area (Å²) in [6.45, 7) is 8.70. The largest absolute Gasteiger partial charge is 0.375 e. The molecule has 0 spiro atoms. The fourth-order valence-electron chi connectivity index (χ4n) is 1.94. The fraction of sp³-hybridized carbons (Fsp3) is 0.846. The van der Waals surface area contributed by atoms with Gasteiger partial charge in [0.05, 0.1) is 31.3 Å². The molecule has 7 heteroatoms. The van der Waals surface area contributed by atoms with E-state index in [1.165, 1.54) is 0 Å². The van der Waals surface area contributed by atoms with Crippen molar-refractivity contribution in [2.45, 2.75) is 45.9 Å². The predicted molar refractivity (Wildman–Crippen MR) is 79.7 cm³/mol. The molecular weight excluding hydrogens is 282 g/mol. The Morgan fingerprint density at radius 1 is 1.40 bits per heavy atom. The number of ether oxygens (including phenoxy) is 1. The van der Waals surface area contributed by atoms with Gasteiger partial charge in [-0.2, -0.15) is 0 Å². The van der Waals surface area contributed by atoms with Gasteiger partial charge >= 0.3 is 0 Å². The number of nitrogens with one attached hydrogen (secondary N) is 1. The van der Waals surface area contributed by atoms with Crippen LogP contribution in [0.2, 0.25) is 0 Å². The van der Waals surface area contributed by atoms with Gasteiger partial charge in [-0.25, -0.2) is 0 Å². The summed E-state index contributed by atoms with van der Waals surface area (Å²) < 4.78 is 5.46. The summed E-state index contributed by atoms with van der Waals surface area (Å²) in [5, 5.41) is 2.60. The van der Waals surface area contributed by atoms with E-state index in [-0.39, 0.29) is 48.8 Å². The molecule has 0 aromatic rings. The van der Waals surface area contributed by atoms with Gasteiger partial charge in [-0.15, -0.1) is 12.4 Å². The maximum Gasteiger partial charge on any atom is 0.242 e. The van der Waals surface area contributed by atoms with E-state index < -0.39 is 6.04 Å². The highest BCUT2D eigenvalue weighted by atomic mass is 35.5. The molecule has 0 aromatic heterocycles. The van der Waals surface area contributed by atoms with Gasteiger partial charge < -0.3 is 20.7 Å². The summed E-state index contributed by atoms with van der Waals surface area (Å²) in [6.07, 6.45) is 0.0359. The van der Waals surface area contributed by atoms with Crippen molar-refractivity contribution in [2.75, 3.05) is 19.7 Å². The number of halogens is 1. The maximum absolute atomic E-state index is 12.1. The van der Waals surface area contributed by atoms with Crippen LogP contribution in [0.25, 0.3) is 0 Å². The molecular formula is C13H26ClN3O3. The average molecular weight is 308 g/mol. The van der Waals surface area contributed by atoms with E-state index in [0.717, 1.165) is 0 Å². The Morgan fingerprint density at radius 3 is 2.55 bits per heavy atom. The third kappa shape index (κ3) is 5.26. The van der Waals surface area contributed by atoms with Crippen LogP contribution in [0.5, 0.6) is 0 Å². The highest BCUT2D eigenvalue weighted by Crippen LogP contribution is 2.11. The highest BCUT2D eigenvalue weighted by molar-refractivity contribution is 5.87. The molecule has 3 atom stereocenters. The molecule has 0 aromatic carbocycles. The van der Waals surface area contributed by atoms with E-state index in [9.17, 15) is 9.59 Å². The summed E-state index contributed by atoms with van der Waals surface area (Å²) >= 11 is 0. The molecule has 1 rings (SSSR count). The summed E-state index contributed by atoms with van der Waals surface area (Å²) in [5.41, 5.74) is 5.72. The van der Waals surface area contributed by atoms with Crippen LogP contribution in [0.4, 0.5) is 0 Å². The lowest BCUT2D eigenvalue weighted by Gasteiger charge is -2.36. The zero-order valence-corrected chi connectivity index (χ0v) is 13.4. The first-order chi connectivity index (χ1) is 8.82. The summed E-state index contributed by atoms with van der Waals surface area (Å²) in [7, 11) is 0. The smallest absolute Gasteiger partial charge is 0.242 e. The molecule has 118 valence electrons. The minimum atomic E-state index is -0.575. The second-order valence-electron chi connectivity index (χ2n) is 5.53. The molecule has 3 N–H and O–H groups in total. The van der Waals surface area contributed by atoms with Crippen molar-refractivity contribution in [3.05, 3.63) is 0 Å². The van der Waals surface area contributed by atoms with E-state index >= 15 is 0 Å². The normalized spacial score (nSPS) is 24.0. The number of morpholine rings is 1. The zero-order valence-electron chi connectivity index (χ0n) is 12.6. The first kappa shape index (κ1) is 19.1. The van der Waals surface area contributed by atoms with Crippen molar-refractivity contribution in [1.29, 1.82) is 0 Å². The first-order valence-electron chi connectivity index (χ1n) is 6.77. The number of carbonyl (C=O) groups excluding carboxylic acids is 2. The Balaban J connectivity index is 0.00000361. The molecule has 1 heterocycles. The Labute approximate surface area is 126 Å². The van der Waals surface area contributed by atoms with Gasteiger partial charge in [0.1, 0.15) is 0 Å². The van der Waals surface area contributed by atoms with E-state index in [1.807, 2.05) is 27.7 Å². The fourth-order valence-corrected chi connectivity index (χ4v) is 1.94. The third-order valence-corrected chi connectivity index (χ3v) is 3.36. The molecule has 0 saturated carbocycles. The minimum absolute atomic E-state index is 0. The van der Waals surface area contributed by atoms with Crippen LogP contribution < -0.4 is 11.1 Å². The molecule has 2 amide bonds. The molecule has 1 fully saturated rings. The number of rotatable bonds is 4. The highest BCUT2D eigenvalue weighted by Gasteiger charge is 2.28. The van der Waals surface area contributed by atoms with E-state index in [1.54, 1.807) is 4.90 Å². The average Bonchev–Trinajstić information content (AvgIpc) is 2.37. The number of nitrogens with zero attached hydrogens (tertiary/aromatic N) is 1. The molecule has 6 nitrogen and oxygen atoms in total. The second kappa shape index (κ2) is 8.44. The Kier molecular flexibility index (Phi) is 8.08. The Bertz CT molecular complexity index is 339. The maximum atomic E-state index is 12.1. The van der Waals surface area contributed by atoms with E-state index in [4.69, 9.17) is 10.5 Å². The van der Waals surface area contributed by atoms with Crippen molar-refractivity contribution in [3.63, 3.8) is 0 Å². The van der Waals surface area contributed by atoms with Crippen LogP contribution in [0.15, 0.2) is 0 Å². The number of nitrogens with two attached hydrogens (primary N) is 1. The quantitative estimate of drug-likeness (QED) is 0.774. The van der Waals surface area contributed by atoms with Crippen LogP contribution in [-0.2, 0) is 14.3 Å². The molecule has 1 saturated heterocycles. The molecule has 2 unspecified atom stereocenters. The molecule has 0 radical (unpaired) electrons. The van der Waals surface area contributed by atoms with E-state index in [0.29, 0.717) is 13.2 Å². The third-order valence-electron chi connectivity index (χ3n) is 3.36. The topological polar surface area (TPSA) is 84.7 Å². The van der Waals surface area contributed by atoms with Crippen LogP contribution in [-0.4, -0.2) is 54.6 Å². The summed E-state index contributed by atoms with van der Waals surface area (Å²) in [4.78, 5) is 25.5. The molecule has 20 heavy (non-hydrogen) atoms. The van der Waals surface area contributed by atoms with Crippen LogP contribution in [0.3, 0.4) is 0 Å². The van der Waals surface area contributed by atoms with E-state index in [2.05, 4.69) is 5.32 Å². The Hall–Kier alpha value is -0.850. The van der Waals surface area contributed by atoms with Crippen molar-refractivity contribution < 1.29 is 14.3 Å². The monoisotopic (exact) mass is 307 g/mol. The number of carbonyl (C=O) groups is 2. The molecule has 0 bridgehead atoms. The number of amides is 2. The number of hydrogen-bond acceptors (Lipinski definition) is 4. The van der Waals surface area contributed by atoms with Gasteiger partial charge in [0.2, 0.25) is 11.8 Å². The first-order valence-corrected chi connectivity index (χ1v) is 6.77. The SMILES string of the molecule is CC1CN(C(=O)CNC(=O)[C@@H](N)C(C)C)C(C)CO1.Cl. The number of hydrogen-bond donors (Lipinski definition) is 2. The Morgan fingerprint density at radius 2 is 2.00 bits per heavy atom. The van der Waals surface area contributed by atoms with Gasteiger partial charge in [0.15, 0.2) is 0 Å². The zero-order chi connectivity index (χ0) is 14.6. The van der Waals surface area contributed by atoms with Gasteiger partial charge in [-0.3, -0.25) is 9.59 Å². The second-order valence-corrected chi connectivity index (χ2v) is 5.53. The summed E-state index contributed by atoms with van der Waals surface area (Å²) in [5.74, 6) is -0.318.